The fourth-order valence-corrected chi connectivity index (χ4v) is 2.71. The van der Waals surface area contributed by atoms with Gasteiger partial charge in [-0.3, -0.25) is 4.79 Å². The van der Waals surface area contributed by atoms with Crippen molar-refractivity contribution < 1.29 is 9.53 Å². The Morgan fingerprint density at radius 3 is 2.81 bits per heavy atom. The number of amides is 1. The molecule has 116 valence electrons. The smallest absolute Gasteiger partial charge is 0.251 e. The van der Waals surface area contributed by atoms with E-state index in [0.29, 0.717) is 30.0 Å². The number of aromatic nitrogens is 1. The molecule has 1 amide bonds. The fraction of sp³-hybridized carbons (Fsp3) is 0.625. The van der Waals surface area contributed by atoms with Crippen LogP contribution in [0.3, 0.4) is 0 Å². The van der Waals surface area contributed by atoms with Crippen LogP contribution in [0.5, 0.6) is 0 Å². The maximum Gasteiger partial charge on any atom is 0.251 e. The zero-order chi connectivity index (χ0) is 15.2. The van der Waals surface area contributed by atoms with Crippen molar-refractivity contribution in [1.29, 1.82) is 0 Å². The number of hydrogen-bond acceptors (Lipinski definition) is 3. The summed E-state index contributed by atoms with van der Waals surface area (Å²) in [7, 11) is 0. The molecular weight excluding hydrogens is 288 g/mol. The summed E-state index contributed by atoms with van der Waals surface area (Å²) in [6.45, 7) is 5.13. The Hall–Kier alpha value is -1.13. The van der Waals surface area contributed by atoms with Crippen LogP contribution in [0.4, 0.5) is 0 Å². The van der Waals surface area contributed by atoms with Gasteiger partial charge in [0.25, 0.3) is 5.91 Å². The molecule has 0 unspecified atom stereocenters. The van der Waals surface area contributed by atoms with Gasteiger partial charge in [0.15, 0.2) is 0 Å². The number of rotatable bonds is 6. The van der Waals surface area contributed by atoms with E-state index in [4.69, 9.17) is 16.3 Å². The van der Waals surface area contributed by atoms with E-state index < -0.39 is 0 Å². The van der Waals surface area contributed by atoms with Crippen molar-refractivity contribution >= 4 is 17.5 Å². The monoisotopic (exact) mass is 310 g/mol. The van der Waals surface area contributed by atoms with Crippen LogP contribution in [0.25, 0.3) is 0 Å². The summed E-state index contributed by atoms with van der Waals surface area (Å²) >= 11 is 5.97. The first-order chi connectivity index (χ1) is 10.1. The van der Waals surface area contributed by atoms with Gasteiger partial charge in [0.05, 0.1) is 12.7 Å². The largest absolute Gasteiger partial charge is 0.376 e. The molecule has 1 aliphatic rings. The van der Waals surface area contributed by atoms with Crippen molar-refractivity contribution in [3.8, 4) is 0 Å². The second-order valence-electron chi connectivity index (χ2n) is 5.79. The van der Waals surface area contributed by atoms with Crippen molar-refractivity contribution in [2.24, 2.45) is 0 Å². The molecular formula is C16H23ClN2O2. The molecule has 0 atom stereocenters. The predicted octanol–water partition coefficient (Wildman–Crippen LogP) is 3.55. The van der Waals surface area contributed by atoms with Crippen LogP contribution in [0.1, 0.15) is 61.5 Å². The number of ether oxygens (including phenoxy) is 1. The number of halogens is 1. The Kier molecular flexibility index (Phi) is 6.00. The third kappa shape index (κ3) is 4.97. The highest BCUT2D eigenvalue weighted by Crippen LogP contribution is 2.20. The van der Waals surface area contributed by atoms with Crippen LogP contribution in [-0.4, -0.2) is 30.1 Å². The van der Waals surface area contributed by atoms with Crippen LogP contribution in [0.15, 0.2) is 12.1 Å². The highest BCUT2D eigenvalue weighted by molar-refractivity contribution is 6.29. The van der Waals surface area contributed by atoms with Gasteiger partial charge < -0.3 is 10.1 Å². The Labute approximate surface area is 131 Å². The molecule has 1 fully saturated rings. The molecule has 1 heterocycles. The van der Waals surface area contributed by atoms with E-state index in [1.54, 1.807) is 12.1 Å². The lowest BCUT2D eigenvalue weighted by atomic mass is 10.1. The molecule has 4 nitrogen and oxygen atoms in total. The highest BCUT2D eigenvalue weighted by Gasteiger charge is 2.15. The van der Waals surface area contributed by atoms with E-state index in [1.807, 2.05) is 13.8 Å². The molecule has 0 aromatic carbocycles. The molecule has 21 heavy (non-hydrogen) atoms. The summed E-state index contributed by atoms with van der Waals surface area (Å²) in [4.78, 5) is 16.3. The Morgan fingerprint density at radius 2 is 2.14 bits per heavy atom. The van der Waals surface area contributed by atoms with Crippen molar-refractivity contribution in [3.63, 3.8) is 0 Å². The summed E-state index contributed by atoms with van der Waals surface area (Å²) in [5.41, 5.74) is 1.38. The summed E-state index contributed by atoms with van der Waals surface area (Å²) in [5.74, 6) is 0.108. The van der Waals surface area contributed by atoms with Crippen LogP contribution in [-0.2, 0) is 4.74 Å². The molecule has 0 aliphatic heterocycles. The minimum absolute atomic E-state index is 0.128. The van der Waals surface area contributed by atoms with Crippen molar-refractivity contribution in [2.45, 2.75) is 51.6 Å². The molecule has 0 spiro atoms. The van der Waals surface area contributed by atoms with Crippen LogP contribution < -0.4 is 5.32 Å². The van der Waals surface area contributed by atoms with Crippen LogP contribution >= 0.6 is 11.6 Å². The van der Waals surface area contributed by atoms with E-state index in [2.05, 4.69) is 10.3 Å². The average molecular weight is 311 g/mol. The topological polar surface area (TPSA) is 51.2 Å². The van der Waals surface area contributed by atoms with Gasteiger partial charge in [0.1, 0.15) is 5.15 Å². The first-order valence-corrected chi connectivity index (χ1v) is 8.01. The molecule has 1 N–H and O–H groups in total. The number of carbonyl (C=O) groups is 1. The summed E-state index contributed by atoms with van der Waals surface area (Å²) in [6.07, 6.45) is 5.18. The number of hydrogen-bond donors (Lipinski definition) is 1. The molecule has 0 bridgehead atoms. The zero-order valence-electron chi connectivity index (χ0n) is 12.7. The summed E-state index contributed by atoms with van der Waals surface area (Å²) in [5, 5.41) is 3.22. The quantitative estimate of drug-likeness (QED) is 0.646. The fourth-order valence-electron chi connectivity index (χ4n) is 2.49. The summed E-state index contributed by atoms with van der Waals surface area (Å²) < 4.78 is 5.72. The standard InChI is InChI=1S/C16H23ClN2O2/c1-11(2)14-9-12(10-15(17)19-14)16(20)18-7-8-21-13-5-3-4-6-13/h9-11,13H,3-8H2,1-2H3,(H,18,20). The minimum atomic E-state index is -0.128. The first-order valence-electron chi connectivity index (χ1n) is 7.63. The number of nitrogens with zero attached hydrogens (tertiary/aromatic N) is 1. The van der Waals surface area contributed by atoms with Gasteiger partial charge in [-0.25, -0.2) is 4.98 Å². The highest BCUT2D eigenvalue weighted by atomic mass is 35.5. The molecule has 1 aliphatic carbocycles. The van der Waals surface area contributed by atoms with Gasteiger partial charge in [-0.1, -0.05) is 38.3 Å². The Bertz CT molecular complexity index is 485. The number of carbonyl (C=O) groups excluding carboxylic acids is 1. The normalized spacial score (nSPS) is 15.6. The lowest BCUT2D eigenvalue weighted by Crippen LogP contribution is -2.28. The van der Waals surface area contributed by atoms with Gasteiger partial charge in [-0.15, -0.1) is 0 Å². The SMILES string of the molecule is CC(C)c1cc(C(=O)NCCOC2CCCC2)cc(Cl)n1. The molecule has 1 aromatic rings. The second kappa shape index (κ2) is 7.76. The Balaban J connectivity index is 1.82. The van der Waals surface area contributed by atoms with Crippen molar-refractivity contribution in [3.05, 3.63) is 28.5 Å². The van der Waals surface area contributed by atoms with E-state index in [-0.39, 0.29) is 11.8 Å². The molecule has 2 rings (SSSR count). The molecule has 1 saturated carbocycles. The Morgan fingerprint density at radius 1 is 1.43 bits per heavy atom. The maximum atomic E-state index is 12.1. The first kappa shape index (κ1) is 16.2. The maximum absolute atomic E-state index is 12.1. The molecule has 5 heteroatoms. The number of pyridine rings is 1. The van der Waals surface area contributed by atoms with Crippen LogP contribution in [0, 0.1) is 0 Å². The van der Waals surface area contributed by atoms with E-state index in [1.165, 1.54) is 12.8 Å². The average Bonchev–Trinajstić information content (AvgIpc) is 2.95. The van der Waals surface area contributed by atoms with Gasteiger partial charge in [0, 0.05) is 17.8 Å². The number of nitrogens with one attached hydrogen (secondary N) is 1. The van der Waals surface area contributed by atoms with E-state index >= 15 is 0 Å². The third-order valence-corrected chi connectivity index (χ3v) is 3.90. The molecule has 1 aromatic heterocycles. The van der Waals surface area contributed by atoms with Crippen molar-refractivity contribution in [1.82, 2.24) is 10.3 Å². The molecule has 0 radical (unpaired) electrons. The lowest BCUT2D eigenvalue weighted by Gasteiger charge is -2.12. The van der Waals surface area contributed by atoms with Gasteiger partial charge in [-0.05, 0) is 30.9 Å². The minimum Gasteiger partial charge on any atom is -0.376 e. The third-order valence-electron chi connectivity index (χ3n) is 3.71. The van der Waals surface area contributed by atoms with Gasteiger partial charge in [-0.2, -0.15) is 0 Å². The second-order valence-corrected chi connectivity index (χ2v) is 6.18. The summed E-state index contributed by atoms with van der Waals surface area (Å²) in [6, 6.07) is 3.39. The molecule has 0 saturated heterocycles. The van der Waals surface area contributed by atoms with Gasteiger partial charge >= 0.3 is 0 Å². The van der Waals surface area contributed by atoms with Crippen LogP contribution in [0.2, 0.25) is 5.15 Å². The zero-order valence-corrected chi connectivity index (χ0v) is 13.4. The lowest BCUT2D eigenvalue weighted by molar-refractivity contribution is 0.0582. The van der Waals surface area contributed by atoms with Gasteiger partial charge in [0.2, 0.25) is 0 Å². The van der Waals surface area contributed by atoms with E-state index in [0.717, 1.165) is 18.5 Å². The van der Waals surface area contributed by atoms with Crippen molar-refractivity contribution in [2.75, 3.05) is 13.2 Å². The van der Waals surface area contributed by atoms with E-state index in [9.17, 15) is 4.79 Å². The predicted molar refractivity (Wildman–Crippen MR) is 83.9 cm³/mol.